The summed E-state index contributed by atoms with van der Waals surface area (Å²) in [6.45, 7) is 0.795. The number of hydrogen-bond donors (Lipinski definition) is 1. The lowest BCUT2D eigenvalue weighted by molar-refractivity contribution is -0.777. The van der Waals surface area contributed by atoms with E-state index < -0.39 is 47.0 Å². The summed E-state index contributed by atoms with van der Waals surface area (Å²) in [4.78, 5) is 23.3. The molecule has 4 bridgehead atoms. The molecule has 0 aliphatic heterocycles. The molecule has 2 unspecified atom stereocenters. The van der Waals surface area contributed by atoms with E-state index in [9.17, 15) is 28.7 Å². The zero-order valence-electron chi connectivity index (χ0n) is 13.9. The molecule has 4 rings (SSSR count). The Labute approximate surface area is 152 Å². The van der Waals surface area contributed by atoms with Crippen molar-refractivity contribution in [1.82, 2.24) is 0 Å². The lowest BCUT2D eigenvalue weighted by atomic mass is 9.48. The van der Waals surface area contributed by atoms with Crippen molar-refractivity contribution in [2.24, 2.45) is 17.8 Å². The van der Waals surface area contributed by atoms with Gasteiger partial charge in [-0.1, -0.05) is 0 Å². The molecule has 0 amide bonds. The Morgan fingerprint density at radius 1 is 1.27 bits per heavy atom. The molecule has 0 aromatic heterocycles. The molecule has 4 saturated carbocycles. The number of alkyl halides is 2. The van der Waals surface area contributed by atoms with E-state index in [2.05, 4.69) is 14.1 Å². The number of ether oxygens (including phenoxy) is 2. The van der Waals surface area contributed by atoms with Gasteiger partial charge in [-0.25, -0.2) is 9.59 Å². The van der Waals surface area contributed by atoms with Crippen LogP contribution in [0.2, 0.25) is 0 Å². The lowest BCUT2D eigenvalue weighted by Crippen LogP contribution is -2.63. The minimum atomic E-state index is -4.21. The fourth-order valence-corrected chi connectivity index (χ4v) is 5.13. The van der Waals surface area contributed by atoms with Crippen LogP contribution >= 0.6 is 12.0 Å². The topological polar surface area (TPSA) is 114 Å². The molecule has 0 radical (unpaired) electrons. The van der Waals surface area contributed by atoms with Crippen molar-refractivity contribution in [1.29, 1.82) is 0 Å². The summed E-state index contributed by atoms with van der Waals surface area (Å²) < 4.78 is 39.6. The highest BCUT2D eigenvalue weighted by Gasteiger charge is 2.61. The smallest absolute Gasteiger partial charge is 0.415 e. The van der Waals surface area contributed by atoms with Gasteiger partial charge in [0, 0.05) is 11.8 Å². The maximum absolute atomic E-state index is 13.2. The highest BCUT2D eigenvalue weighted by molar-refractivity contribution is 7.96. The number of carbonyl (C=O) groups is 2. The predicted octanol–water partition coefficient (Wildman–Crippen LogP) is 0.867. The van der Waals surface area contributed by atoms with Gasteiger partial charge in [0.1, 0.15) is 17.6 Å². The van der Waals surface area contributed by atoms with E-state index in [0.717, 1.165) is 19.3 Å². The molecule has 4 aliphatic rings. The van der Waals surface area contributed by atoms with Gasteiger partial charge < -0.3 is 19.8 Å². The zero-order valence-corrected chi connectivity index (χ0v) is 14.8. The molecule has 11 heteroatoms. The number of hydrogen-bond acceptors (Lipinski definition) is 9. The SMILES string of the molecule is CC1(OC(=O)COC(=O)C(F)(F)SOO[O-])C2CC3CC1CC(O)(C3)C2. The van der Waals surface area contributed by atoms with Crippen molar-refractivity contribution in [3.05, 3.63) is 0 Å². The second kappa shape index (κ2) is 6.86. The van der Waals surface area contributed by atoms with Gasteiger partial charge in [0.25, 0.3) is 0 Å². The second-order valence-electron chi connectivity index (χ2n) is 7.54. The van der Waals surface area contributed by atoms with Gasteiger partial charge in [-0.2, -0.15) is 13.1 Å². The molecule has 1 N–H and O–H groups in total. The molecule has 26 heavy (non-hydrogen) atoms. The van der Waals surface area contributed by atoms with Crippen LogP contribution in [0.4, 0.5) is 8.78 Å². The van der Waals surface area contributed by atoms with Crippen LogP contribution in [0, 0.1) is 17.8 Å². The van der Waals surface area contributed by atoms with Crippen LogP contribution in [0.15, 0.2) is 0 Å². The largest absolute Gasteiger partial charge is 0.691 e. The molecule has 0 heterocycles. The van der Waals surface area contributed by atoms with Crippen LogP contribution in [0.25, 0.3) is 0 Å². The molecule has 148 valence electrons. The summed E-state index contributed by atoms with van der Waals surface area (Å²) in [6, 6.07) is 0. The first-order chi connectivity index (χ1) is 12.1. The Morgan fingerprint density at radius 3 is 2.42 bits per heavy atom. The van der Waals surface area contributed by atoms with Gasteiger partial charge in [0.15, 0.2) is 6.61 Å². The van der Waals surface area contributed by atoms with Crippen molar-refractivity contribution in [3.8, 4) is 0 Å². The van der Waals surface area contributed by atoms with Crippen molar-refractivity contribution in [2.45, 2.75) is 55.5 Å². The molecule has 2 atom stereocenters. The van der Waals surface area contributed by atoms with Crippen LogP contribution in [0.3, 0.4) is 0 Å². The summed E-state index contributed by atoms with van der Waals surface area (Å²) in [6.07, 6.45) is 3.51. The Hall–Kier alpha value is -1.01. The Balaban J connectivity index is 1.55. The Bertz CT molecular complexity index is 570. The number of esters is 2. The predicted molar refractivity (Wildman–Crippen MR) is 78.7 cm³/mol. The third kappa shape index (κ3) is 3.68. The van der Waals surface area contributed by atoms with Gasteiger partial charge in [0.2, 0.25) is 0 Å². The van der Waals surface area contributed by atoms with Crippen LogP contribution in [-0.2, 0) is 28.4 Å². The van der Waals surface area contributed by atoms with Crippen LogP contribution < -0.4 is 5.26 Å². The summed E-state index contributed by atoms with van der Waals surface area (Å²) in [5.41, 5.74) is -1.53. The van der Waals surface area contributed by atoms with Gasteiger partial charge in [-0.05, 0) is 44.9 Å². The van der Waals surface area contributed by atoms with Crippen molar-refractivity contribution in [3.63, 3.8) is 0 Å². The average Bonchev–Trinajstić information content (AvgIpc) is 2.54. The summed E-state index contributed by atoms with van der Waals surface area (Å²) in [5, 5.41) is 18.6. The van der Waals surface area contributed by atoms with Gasteiger partial charge in [0.05, 0.1) is 5.60 Å². The molecule has 4 aliphatic carbocycles. The van der Waals surface area contributed by atoms with Crippen molar-refractivity contribution >= 4 is 24.0 Å². The number of carbonyl (C=O) groups excluding carboxylic acids is 2. The number of rotatable bonds is 7. The van der Waals surface area contributed by atoms with Crippen molar-refractivity contribution < 1.29 is 47.6 Å². The third-order valence-electron chi connectivity index (χ3n) is 5.84. The molecular formula is C15H19F2O8S-. The molecular weight excluding hydrogens is 378 g/mol. The minimum Gasteiger partial charge on any atom is -0.691 e. The second-order valence-corrected chi connectivity index (χ2v) is 8.35. The van der Waals surface area contributed by atoms with E-state index in [-0.39, 0.29) is 11.8 Å². The first kappa shape index (κ1) is 19.7. The summed E-state index contributed by atoms with van der Waals surface area (Å²) in [7, 11) is 0. The fourth-order valence-electron chi connectivity index (χ4n) is 4.89. The van der Waals surface area contributed by atoms with Gasteiger partial charge in [-0.3, -0.25) is 5.04 Å². The fraction of sp³-hybridized carbons (Fsp3) is 0.867. The maximum Gasteiger partial charge on any atom is 0.415 e. The van der Waals surface area contributed by atoms with E-state index in [0.29, 0.717) is 18.8 Å². The molecule has 8 nitrogen and oxygen atoms in total. The highest BCUT2D eigenvalue weighted by atomic mass is 32.2. The standard InChI is InChI=1S/C15H20F2O8S/c1-13(9-2-8-3-10(13)6-14(20,4-8)5-9)23-11(18)7-22-12(19)15(16,17)26-25-24-21/h8-10,20-21H,2-7H2,1H3/p-1. The molecule has 0 saturated heterocycles. The summed E-state index contributed by atoms with van der Waals surface area (Å²) in [5.74, 6) is -2.62. The first-order valence-electron chi connectivity index (χ1n) is 8.21. The normalized spacial score (nSPS) is 38.3. The van der Waals surface area contributed by atoms with Crippen LogP contribution in [-0.4, -0.2) is 40.1 Å². The van der Waals surface area contributed by atoms with Gasteiger partial charge >= 0.3 is 17.2 Å². The van der Waals surface area contributed by atoms with E-state index in [4.69, 9.17) is 4.74 Å². The van der Waals surface area contributed by atoms with E-state index in [1.54, 1.807) is 6.92 Å². The monoisotopic (exact) mass is 397 g/mol. The number of halogens is 2. The minimum absolute atomic E-state index is 0.0157. The van der Waals surface area contributed by atoms with Crippen LogP contribution in [0.1, 0.15) is 39.0 Å². The zero-order chi connectivity index (χ0) is 19.2. The molecule has 4 fully saturated rings. The van der Waals surface area contributed by atoms with E-state index in [1.807, 2.05) is 0 Å². The molecule has 0 spiro atoms. The third-order valence-corrected chi connectivity index (χ3v) is 6.34. The highest BCUT2D eigenvalue weighted by Crippen LogP contribution is 2.60. The first-order valence-corrected chi connectivity index (χ1v) is 8.96. The quantitative estimate of drug-likeness (QED) is 0.289. The van der Waals surface area contributed by atoms with Gasteiger partial charge in [-0.15, -0.1) is 0 Å². The van der Waals surface area contributed by atoms with Crippen molar-refractivity contribution in [2.75, 3.05) is 6.61 Å². The summed E-state index contributed by atoms with van der Waals surface area (Å²) >= 11 is -0.831. The molecule has 0 aromatic rings. The maximum atomic E-state index is 13.2. The van der Waals surface area contributed by atoms with E-state index >= 15 is 0 Å². The average molecular weight is 397 g/mol. The molecule has 0 aromatic carbocycles. The number of aliphatic hydroxyl groups is 1. The van der Waals surface area contributed by atoms with Crippen LogP contribution in [0.5, 0.6) is 0 Å². The lowest BCUT2D eigenvalue weighted by Gasteiger charge is -2.61. The Morgan fingerprint density at radius 2 is 1.88 bits per heavy atom. The Kier molecular flexibility index (Phi) is 5.21. The van der Waals surface area contributed by atoms with E-state index in [1.165, 1.54) is 0 Å².